The molecule has 0 aliphatic rings. The van der Waals surface area contributed by atoms with E-state index in [4.69, 9.17) is 4.74 Å². The summed E-state index contributed by atoms with van der Waals surface area (Å²) in [4.78, 5) is 10.8. The molecule has 0 aliphatic heterocycles. The fourth-order valence-electron chi connectivity index (χ4n) is 1.67. The highest BCUT2D eigenvalue weighted by molar-refractivity contribution is 5.72. The van der Waals surface area contributed by atoms with Crippen LogP contribution in [-0.2, 0) is 4.79 Å². The Morgan fingerprint density at radius 1 is 1.25 bits per heavy atom. The Labute approximate surface area is 119 Å². The molecule has 1 aromatic carbocycles. The van der Waals surface area contributed by atoms with Crippen LogP contribution in [0.5, 0.6) is 5.75 Å². The van der Waals surface area contributed by atoms with Crippen LogP contribution >= 0.6 is 0 Å². The van der Waals surface area contributed by atoms with Crippen molar-refractivity contribution in [3.05, 3.63) is 29.8 Å². The molecule has 0 fully saturated rings. The molecule has 0 saturated carbocycles. The van der Waals surface area contributed by atoms with Gasteiger partial charge in [0.2, 0.25) is 5.91 Å². The molecule has 20 heavy (non-hydrogen) atoms. The number of carbonyl (C=O) groups excluding carboxylic acids is 1. The van der Waals surface area contributed by atoms with E-state index in [0.29, 0.717) is 11.3 Å². The molecular weight excluding hydrogens is 258 g/mol. The standard InChI is InChI=1S/C15H23NO4/c1-10(17)16-9-13(18)14(19)11-5-7-12(8-6-11)20-15(2,3)4/h5-8,13-14,18-19H,9H2,1-4H3,(H,16,17). The summed E-state index contributed by atoms with van der Waals surface area (Å²) in [6.45, 7) is 7.22. The number of aliphatic hydroxyl groups excluding tert-OH is 2. The molecular formula is C15H23NO4. The lowest BCUT2D eigenvalue weighted by atomic mass is 10.0. The van der Waals surface area contributed by atoms with E-state index in [2.05, 4.69) is 5.32 Å². The average Bonchev–Trinajstić information content (AvgIpc) is 2.34. The van der Waals surface area contributed by atoms with Crippen molar-refractivity contribution in [3.63, 3.8) is 0 Å². The van der Waals surface area contributed by atoms with Gasteiger partial charge in [-0.25, -0.2) is 0 Å². The summed E-state index contributed by atoms with van der Waals surface area (Å²) in [5, 5.41) is 22.2. The number of ether oxygens (including phenoxy) is 1. The number of hydrogen-bond acceptors (Lipinski definition) is 4. The first-order valence-electron chi connectivity index (χ1n) is 6.58. The van der Waals surface area contributed by atoms with Crippen molar-refractivity contribution in [1.29, 1.82) is 0 Å². The Bertz CT molecular complexity index is 436. The summed E-state index contributed by atoms with van der Waals surface area (Å²) >= 11 is 0. The predicted octanol–water partition coefficient (Wildman–Crippen LogP) is 1.39. The molecule has 3 N–H and O–H groups in total. The zero-order chi connectivity index (χ0) is 15.3. The van der Waals surface area contributed by atoms with E-state index >= 15 is 0 Å². The molecule has 1 amide bonds. The summed E-state index contributed by atoms with van der Waals surface area (Å²) in [6.07, 6.45) is -2.10. The van der Waals surface area contributed by atoms with Gasteiger partial charge < -0.3 is 20.3 Å². The van der Waals surface area contributed by atoms with Crippen LogP contribution in [0.15, 0.2) is 24.3 Å². The number of amides is 1. The van der Waals surface area contributed by atoms with Gasteiger partial charge in [-0.3, -0.25) is 4.79 Å². The molecule has 5 nitrogen and oxygen atoms in total. The molecule has 0 heterocycles. The fraction of sp³-hybridized carbons (Fsp3) is 0.533. The van der Waals surface area contributed by atoms with Crippen LogP contribution in [0, 0.1) is 0 Å². The Balaban J connectivity index is 2.65. The maximum Gasteiger partial charge on any atom is 0.216 e. The van der Waals surface area contributed by atoms with Crippen LogP contribution in [0.4, 0.5) is 0 Å². The first-order chi connectivity index (χ1) is 9.19. The zero-order valence-electron chi connectivity index (χ0n) is 12.4. The molecule has 0 saturated heterocycles. The molecule has 2 unspecified atom stereocenters. The second-order valence-corrected chi connectivity index (χ2v) is 5.73. The lowest BCUT2D eigenvalue weighted by molar-refractivity contribution is -0.119. The van der Waals surface area contributed by atoms with Gasteiger partial charge in [0.05, 0.1) is 0 Å². The van der Waals surface area contributed by atoms with Gasteiger partial charge in [-0.1, -0.05) is 12.1 Å². The second-order valence-electron chi connectivity index (χ2n) is 5.73. The molecule has 0 aliphatic carbocycles. The average molecular weight is 281 g/mol. The van der Waals surface area contributed by atoms with Crippen molar-refractivity contribution >= 4 is 5.91 Å². The number of carbonyl (C=O) groups is 1. The zero-order valence-corrected chi connectivity index (χ0v) is 12.4. The molecule has 0 spiro atoms. The summed E-state index contributed by atoms with van der Waals surface area (Å²) in [7, 11) is 0. The topological polar surface area (TPSA) is 78.8 Å². The summed E-state index contributed by atoms with van der Waals surface area (Å²) < 4.78 is 5.67. The van der Waals surface area contributed by atoms with Crippen LogP contribution in [0.3, 0.4) is 0 Å². The minimum atomic E-state index is -1.05. The monoisotopic (exact) mass is 281 g/mol. The Hall–Kier alpha value is -1.59. The van der Waals surface area contributed by atoms with Gasteiger partial charge in [0.15, 0.2) is 0 Å². The highest BCUT2D eigenvalue weighted by Crippen LogP contribution is 2.22. The van der Waals surface area contributed by atoms with Gasteiger partial charge in [0.1, 0.15) is 23.6 Å². The lowest BCUT2D eigenvalue weighted by Crippen LogP contribution is -2.34. The van der Waals surface area contributed by atoms with E-state index in [1.54, 1.807) is 24.3 Å². The Morgan fingerprint density at radius 3 is 2.25 bits per heavy atom. The first-order valence-corrected chi connectivity index (χ1v) is 6.58. The van der Waals surface area contributed by atoms with Crippen LogP contribution in [0.1, 0.15) is 39.4 Å². The third-order valence-corrected chi connectivity index (χ3v) is 2.57. The SMILES string of the molecule is CC(=O)NCC(O)C(O)c1ccc(OC(C)(C)C)cc1. The van der Waals surface area contributed by atoms with Gasteiger partial charge >= 0.3 is 0 Å². The van der Waals surface area contributed by atoms with Crippen molar-refractivity contribution in [2.75, 3.05) is 6.54 Å². The van der Waals surface area contributed by atoms with Gasteiger partial charge in [-0.05, 0) is 38.5 Å². The van der Waals surface area contributed by atoms with Crippen LogP contribution in [0.25, 0.3) is 0 Å². The van der Waals surface area contributed by atoms with Gasteiger partial charge in [-0.2, -0.15) is 0 Å². The van der Waals surface area contributed by atoms with E-state index < -0.39 is 12.2 Å². The summed E-state index contributed by atoms with van der Waals surface area (Å²) in [6, 6.07) is 6.88. The quantitative estimate of drug-likeness (QED) is 0.762. The smallest absolute Gasteiger partial charge is 0.216 e. The Kier molecular flexibility index (Phi) is 5.53. The van der Waals surface area contributed by atoms with Crippen LogP contribution < -0.4 is 10.1 Å². The first kappa shape index (κ1) is 16.5. The van der Waals surface area contributed by atoms with Gasteiger partial charge in [-0.15, -0.1) is 0 Å². The lowest BCUT2D eigenvalue weighted by Gasteiger charge is -2.22. The van der Waals surface area contributed by atoms with Crippen LogP contribution in [0.2, 0.25) is 0 Å². The molecule has 0 bridgehead atoms. The van der Waals surface area contributed by atoms with Crippen molar-refractivity contribution in [1.82, 2.24) is 5.32 Å². The molecule has 5 heteroatoms. The van der Waals surface area contributed by atoms with E-state index in [1.807, 2.05) is 20.8 Å². The molecule has 1 rings (SSSR count). The summed E-state index contributed by atoms with van der Waals surface area (Å²) in [5.74, 6) is 0.454. The van der Waals surface area contributed by atoms with Gasteiger partial charge in [0, 0.05) is 13.5 Å². The van der Waals surface area contributed by atoms with E-state index in [0.717, 1.165) is 0 Å². The van der Waals surface area contributed by atoms with E-state index in [9.17, 15) is 15.0 Å². The Morgan fingerprint density at radius 2 is 1.80 bits per heavy atom. The largest absolute Gasteiger partial charge is 0.488 e. The molecule has 112 valence electrons. The molecule has 0 aromatic heterocycles. The number of rotatable bonds is 5. The highest BCUT2D eigenvalue weighted by atomic mass is 16.5. The van der Waals surface area contributed by atoms with Crippen molar-refractivity contribution in [2.45, 2.75) is 45.5 Å². The normalized spacial score (nSPS) is 14.5. The maximum absolute atomic E-state index is 10.8. The van der Waals surface area contributed by atoms with Crippen molar-refractivity contribution < 1.29 is 19.7 Å². The summed E-state index contributed by atoms with van der Waals surface area (Å²) in [5.41, 5.74) is 0.287. The van der Waals surface area contributed by atoms with E-state index in [1.165, 1.54) is 6.92 Å². The van der Waals surface area contributed by atoms with E-state index in [-0.39, 0.29) is 18.1 Å². The maximum atomic E-state index is 10.8. The third kappa shape index (κ3) is 5.59. The third-order valence-electron chi connectivity index (χ3n) is 2.57. The molecule has 1 aromatic rings. The molecule has 2 atom stereocenters. The molecule has 0 radical (unpaired) electrons. The predicted molar refractivity (Wildman–Crippen MR) is 76.5 cm³/mol. The number of hydrogen-bond donors (Lipinski definition) is 3. The highest BCUT2D eigenvalue weighted by Gasteiger charge is 2.19. The minimum absolute atomic E-state index is 0.0107. The van der Waals surface area contributed by atoms with Crippen molar-refractivity contribution in [3.8, 4) is 5.75 Å². The fourth-order valence-corrected chi connectivity index (χ4v) is 1.67. The van der Waals surface area contributed by atoms with Crippen LogP contribution in [-0.4, -0.2) is 34.4 Å². The number of nitrogens with one attached hydrogen (secondary N) is 1. The minimum Gasteiger partial charge on any atom is -0.488 e. The number of aliphatic hydroxyl groups is 2. The van der Waals surface area contributed by atoms with Crippen molar-refractivity contribution in [2.24, 2.45) is 0 Å². The second kappa shape index (κ2) is 6.72. The number of benzene rings is 1. The van der Waals surface area contributed by atoms with Gasteiger partial charge in [0.25, 0.3) is 0 Å².